The van der Waals surface area contributed by atoms with Crippen molar-refractivity contribution in [3.05, 3.63) is 94.0 Å². The molecule has 0 aliphatic heterocycles. The largest absolute Gasteiger partial charge is 0.488 e. The lowest BCUT2D eigenvalue weighted by Crippen LogP contribution is -2.48. The first kappa shape index (κ1) is 26.6. The highest BCUT2D eigenvalue weighted by atomic mass is 79.9. The first-order chi connectivity index (χ1) is 16.7. The van der Waals surface area contributed by atoms with Crippen molar-refractivity contribution in [1.82, 2.24) is 10.1 Å². The molecule has 9 heteroatoms. The van der Waals surface area contributed by atoms with Gasteiger partial charge in [0.15, 0.2) is 0 Å². The van der Waals surface area contributed by atoms with Gasteiger partial charge in [-0.25, -0.2) is 13.8 Å². The molecule has 2 N–H and O–H groups in total. The third-order valence-corrected chi connectivity index (χ3v) is 7.22. The lowest BCUT2D eigenvalue weighted by Gasteiger charge is -2.20. The first-order valence-corrected chi connectivity index (χ1v) is 13.3. The average molecular weight is 558 g/mol. The number of aryl methyl sites for hydroxylation is 1. The van der Waals surface area contributed by atoms with Gasteiger partial charge in [-0.05, 0) is 70.2 Å². The Morgan fingerprint density at radius 1 is 1.06 bits per heavy atom. The van der Waals surface area contributed by atoms with Crippen molar-refractivity contribution in [2.45, 2.75) is 38.3 Å². The second kappa shape index (κ2) is 12.1. The lowest BCUT2D eigenvalue weighted by atomic mass is 10.1. The Morgan fingerprint density at radius 3 is 2.37 bits per heavy atom. The molecule has 0 fully saturated rings. The number of hydrogen-bond donors (Lipinski definition) is 2. The lowest BCUT2D eigenvalue weighted by molar-refractivity contribution is -0.123. The quantitative estimate of drug-likeness (QED) is 0.276. The maximum atomic E-state index is 12.7. The van der Waals surface area contributed by atoms with Crippen LogP contribution in [-0.2, 0) is 21.4 Å². The van der Waals surface area contributed by atoms with E-state index in [0.29, 0.717) is 12.4 Å². The van der Waals surface area contributed by atoms with Crippen LogP contribution in [0.15, 0.2) is 87.3 Å². The van der Waals surface area contributed by atoms with Gasteiger partial charge >= 0.3 is 0 Å². The van der Waals surface area contributed by atoms with Crippen molar-refractivity contribution in [3.63, 3.8) is 0 Å². The minimum atomic E-state index is -3.86. The Bertz CT molecular complexity index is 1280. The second-order valence-corrected chi connectivity index (χ2v) is 10.9. The topological polar surface area (TPSA) is 96.9 Å². The molecule has 0 aliphatic carbocycles. The monoisotopic (exact) mass is 557 g/mol. The Hall–Kier alpha value is -3.01. The normalized spacial score (nSPS) is 12.6. The molecule has 1 atom stereocenters. The third-order valence-electron chi connectivity index (χ3n) is 5.14. The molecular weight excluding hydrogens is 530 g/mol. The summed E-state index contributed by atoms with van der Waals surface area (Å²) in [6, 6.07) is 20.7. The molecule has 0 radical (unpaired) electrons. The molecule has 0 saturated heterocycles. The van der Waals surface area contributed by atoms with Crippen LogP contribution in [0.25, 0.3) is 0 Å². The fourth-order valence-electron chi connectivity index (χ4n) is 3.13. The van der Waals surface area contributed by atoms with Gasteiger partial charge in [-0.3, -0.25) is 4.79 Å². The molecule has 3 aromatic carbocycles. The number of hydrogen-bond acceptors (Lipinski definition) is 5. The minimum absolute atomic E-state index is 0.101. The molecule has 3 aromatic rings. The van der Waals surface area contributed by atoms with E-state index in [4.69, 9.17) is 4.74 Å². The van der Waals surface area contributed by atoms with E-state index in [1.165, 1.54) is 18.3 Å². The van der Waals surface area contributed by atoms with Crippen LogP contribution in [-0.4, -0.2) is 26.6 Å². The fraction of sp³-hybridized carbons (Fsp3) is 0.231. The molecule has 35 heavy (non-hydrogen) atoms. The van der Waals surface area contributed by atoms with Gasteiger partial charge in [0.05, 0.1) is 15.6 Å². The molecule has 3 rings (SSSR count). The highest BCUT2D eigenvalue weighted by Gasteiger charge is 2.28. The van der Waals surface area contributed by atoms with E-state index < -0.39 is 22.0 Å². The predicted octanol–water partition coefficient (Wildman–Crippen LogP) is 4.79. The molecule has 0 bridgehead atoms. The molecule has 0 unspecified atom stereocenters. The molecule has 0 spiro atoms. The average Bonchev–Trinajstić information content (AvgIpc) is 2.83. The van der Waals surface area contributed by atoms with Crippen molar-refractivity contribution in [1.29, 1.82) is 0 Å². The van der Waals surface area contributed by atoms with Gasteiger partial charge in [0.1, 0.15) is 18.4 Å². The van der Waals surface area contributed by atoms with Gasteiger partial charge in [-0.2, -0.15) is 9.82 Å². The zero-order valence-corrected chi connectivity index (χ0v) is 22.1. The number of halogens is 1. The first-order valence-electron chi connectivity index (χ1n) is 11.0. The summed E-state index contributed by atoms with van der Waals surface area (Å²) in [5.41, 5.74) is 5.16. The summed E-state index contributed by atoms with van der Waals surface area (Å²) < 4.78 is 34.5. The van der Waals surface area contributed by atoms with Crippen LogP contribution >= 0.6 is 15.9 Å². The van der Waals surface area contributed by atoms with E-state index in [1.807, 2.05) is 49.4 Å². The van der Waals surface area contributed by atoms with Crippen LogP contribution in [0.2, 0.25) is 0 Å². The predicted molar refractivity (Wildman–Crippen MR) is 141 cm³/mol. The molecule has 0 saturated carbocycles. The third kappa shape index (κ3) is 7.74. The summed E-state index contributed by atoms with van der Waals surface area (Å²) in [4.78, 5) is 12.8. The number of nitrogens with zero attached hydrogens (tertiary/aromatic N) is 1. The highest BCUT2D eigenvalue weighted by molar-refractivity contribution is 9.10. The molecule has 184 valence electrons. The zero-order valence-electron chi connectivity index (χ0n) is 19.7. The number of carbonyl (C=O) groups is 1. The van der Waals surface area contributed by atoms with Crippen molar-refractivity contribution < 1.29 is 17.9 Å². The van der Waals surface area contributed by atoms with Crippen LogP contribution in [0, 0.1) is 12.8 Å². The van der Waals surface area contributed by atoms with E-state index in [9.17, 15) is 13.2 Å². The van der Waals surface area contributed by atoms with E-state index in [2.05, 4.69) is 31.2 Å². The van der Waals surface area contributed by atoms with Crippen molar-refractivity contribution in [2.24, 2.45) is 11.0 Å². The van der Waals surface area contributed by atoms with Gasteiger partial charge < -0.3 is 4.74 Å². The number of rotatable bonds is 10. The van der Waals surface area contributed by atoms with Crippen molar-refractivity contribution in [2.75, 3.05) is 0 Å². The smallest absolute Gasteiger partial charge is 0.258 e. The van der Waals surface area contributed by atoms with E-state index in [-0.39, 0.29) is 10.8 Å². The number of benzene rings is 3. The Kier molecular flexibility index (Phi) is 9.20. The summed E-state index contributed by atoms with van der Waals surface area (Å²) in [7, 11) is -3.86. The summed E-state index contributed by atoms with van der Waals surface area (Å²) in [5.74, 6) is -0.158. The summed E-state index contributed by atoms with van der Waals surface area (Å²) in [6.07, 6.45) is 1.48. The number of ether oxygens (including phenoxy) is 1. The van der Waals surface area contributed by atoms with Crippen molar-refractivity contribution in [3.8, 4) is 5.75 Å². The zero-order chi connectivity index (χ0) is 25.4. The molecule has 0 aromatic heterocycles. The molecule has 7 nitrogen and oxygen atoms in total. The number of carbonyl (C=O) groups excluding carboxylic acids is 1. The SMILES string of the molecule is Cc1ccc(S(=O)(=O)N[C@@H](C(=O)N/N=C\c2ccc(OCc3ccccc3)c(Br)c2)C(C)C)cc1. The van der Waals surface area contributed by atoms with Gasteiger partial charge in [0.2, 0.25) is 10.0 Å². The van der Waals surface area contributed by atoms with Gasteiger partial charge in [0, 0.05) is 0 Å². The van der Waals surface area contributed by atoms with Gasteiger partial charge in [0.25, 0.3) is 5.91 Å². The van der Waals surface area contributed by atoms with Crippen LogP contribution in [0.5, 0.6) is 5.75 Å². The maximum absolute atomic E-state index is 12.7. The van der Waals surface area contributed by atoms with Crippen LogP contribution < -0.4 is 14.9 Å². The molecule has 1 amide bonds. The minimum Gasteiger partial charge on any atom is -0.488 e. The summed E-state index contributed by atoms with van der Waals surface area (Å²) >= 11 is 3.49. The highest BCUT2D eigenvalue weighted by Crippen LogP contribution is 2.26. The van der Waals surface area contributed by atoms with Crippen molar-refractivity contribution >= 4 is 38.1 Å². The fourth-order valence-corrected chi connectivity index (χ4v) is 4.99. The molecular formula is C26H28BrN3O4S. The Balaban J connectivity index is 1.61. The van der Waals surface area contributed by atoms with Crippen LogP contribution in [0.1, 0.15) is 30.5 Å². The maximum Gasteiger partial charge on any atom is 0.258 e. The summed E-state index contributed by atoms with van der Waals surface area (Å²) in [5, 5.41) is 4.00. The van der Waals surface area contributed by atoms with E-state index in [1.54, 1.807) is 32.0 Å². The standard InChI is InChI=1S/C26H28BrN3O4S/c1-18(2)25(30-35(32,33)22-12-9-19(3)10-13-22)26(31)29-28-16-21-11-14-24(23(27)15-21)34-17-20-7-5-4-6-8-20/h4-16,18,25,30H,17H2,1-3H3,(H,29,31)/b28-16-/t25-/m1/s1. The molecule has 0 aliphatic rings. The van der Waals surface area contributed by atoms with E-state index >= 15 is 0 Å². The van der Waals surface area contributed by atoms with Crippen LogP contribution in [0.3, 0.4) is 0 Å². The number of sulfonamides is 1. The van der Waals surface area contributed by atoms with E-state index in [0.717, 1.165) is 21.2 Å². The molecule has 0 heterocycles. The van der Waals surface area contributed by atoms with Crippen LogP contribution in [0.4, 0.5) is 0 Å². The number of amides is 1. The summed E-state index contributed by atoms with van der Waals surface area (Å²) in [6.45, 7) is 5.84. The second-order valence-electron chi connectivity index (χ2n) is 8.35. The van der Waals surface area contributed by atoms with Gasteiger partial charge in [-0.15, -0.1) is 0 Å². The number of nitrogens with one attached hydrogen (secondary N) is 2. The number of hydrazone groups is 1. The Labute approximate surface area is 214 Å². The Morgan fingerprint density at radius 2 is 1.74 bits per heavy atom. The van der Waals surface area contributed by atoms with Gasteiger partial charge in [-0.1, -0.05) is 61.9 Å².